The number of ether oxygens (including phenoxy) is 2. The van der Waals surface area contributed by atoms with Crippen LogP contribution in [0.2, 0.25) is 0 Å². The minimum absolute atomic E-state index is 0.0819. The Kier molecular flexibility index (Phi) is 21.0. The zero-order valence-electron chi connectivity index (χ0n) is 15.1. The SMILES string of the molecule is CCCCCCCC(=O)OC.CCCCCCCC(=O)OC. The van der Waals surface area contributed by atoms with E-state index in [4.69, 9.17) is 0 Å². The van der Waals surface area contributed by atoms with Gasteiger partial charge in [0.05, 0.1) is 14.2 Å². The van der Waals surface area contributed by atoms with E-state index in [-0.39, 0.29) is 11.9 Å². The van der Waals surface area contributed by atoms with Crippen LogP contribution in [0.1, 0.15) is 90.9 Å². The zero-order chi connectivity index (χ0) is 17.1. The van der Waals surface area contributed by atoms with Crippen LogP contribution >= 0.6 is 0 Å². The van der Waals surface area contributed by atoms with Crippen LogP contribution in [0, 0.1) is 0 Å². The molecule has 132 valence electrons. The number of carbonyl (C=O) groups excluding carboxylic acids is 2. The maximum absolute atomic E-state index is 10.6. The lowest BCUT2D eigenvalue weighted by Crippen LogP contribution is -1.98. The molecular formula is C18H36O4. The van der Waals surface area contributed by atoms with Crippen LogP contribution < -0.4 is 0 Å². The Labute approximate surface area is 136 Å². The summed E-state index contributed by atoms with van der Waals surface area (Å²) in [6.07, 6.45) is 13.0. The third kappa shape index (κ3) is 21.2. The molecule has 0 heterocycles. The van der Waals surface area contributed by atoms with Crippen molar-refractivity contribution < 1.29 is 19.1 Å². The standard InChI is InChI=1S/2C9H18O2/c2*1-3-4-5-6-7-8-9(10)11-2/h2*3-8H2,1-2H3. The van der Waals surface area contributed by atoms with E-state index in [1.165, 1.54) is 52.7 Å². The Balaban J connectivity index is 0. The first-order chi connectivity index (χ1) is 10.6. The van der Waals surface area contributed by atoms with Gasteiger partial charge in [0.25, 0.3) is 0 Å². The molecule has 0 aliphatic heterocycles. The van der Waals surface area contributed by atoms with E-state index in [9.17, 15) is 9.59 Å². The molecule has 0 N–H and O–H groups in total. The van der Waals surface area contributed by atoms with Gasteiger partial charge in [-0.2, -0.15) is 0 Å². The largest absolute Gasteiger partial charge is 0.469 e. The molecule has 0 saturated heterocycles. The molecule has 0 atom stereocenters. The van der Waals surface area contributed by atoms with Gasteiger partial charge in [-0.05, 0) is 12.8 Å². The molecule has 4 nitrogen and oxygen atoms in total. The van der Waals surface area contributed by atoms with Crippen molar-refractivity contribution in [2.24, 2.45) is 0 Å². The Morgan fingerprint density at radius 3 is 1.18 bits per heavy atom. The molecule has 0 aromatic heterocycles. The first kappa shape index (κ1) is 23.2. The van der Waals surface area contributed by atoms with Gasteiger partial charge in [0.1, 0.15) is 0 Å². The number of carbonyl (C=O) groups is 2. The quantitative estimate of drug-likeness (QED) is 0.374. The van der Waals surface area contributed by atoms with Crippen molar-refractivity contribution in [1.29, 1.82) is 0 Å². The summed E-state index contributed by atoms with van der Waals surface area (Å²) in [6, 6.07) is 0. The van der Waals surface area contributed by atoms with Crippen molar-refractivity contribution in [2.75, 3.05) is 14.2 Å². The first-order valence-corrected chi connectivity index (χ1v) is 8.75. The Bertz CT molecular complexity index is 225. The highest BCUT2D eigenvalue weighted by Gasteiger charge is 1.98. The molecule has 0 rings (SSSR count). The summed E-state index contributed by atoms with van der Waals surface area (Å²) in [5, 5.41) is 0. The molecule has 22 heavy (non-hydrogen) atoms. The molecule has 0 aliphatic rings. The second-order valence-electron chi connectivity index (χ2n) is 5.48. The topological polar surface area (TPSA) is 52.6 Å². The smallest absolute Gasteiger partial charge is 0.305 e. The van der Waals surface area contributed by atoms with Crippen LogP contribution in [-0.2, 0) is 19.1 Å². The molecule has 0 fully saturated rings. The lowest BCUT2D eigenvalue weighted by molar-refractivity contribution is -0.141. The zero-order valence-corrected chi connectivity index (χ0v) is 15.1. The fraction of sp³-hybridized carbons (Fsp3) is 0.889. The minimum atomic E-state index is -0.0819. The van der Waals surface area contributed by atoms with Crippen molar-refractivity contribution in [2.45, 2.75) is 90.9 Å². The normalized spacial score (nSPS) is 9.64. The maximum Gasteiger partial charge on any atom is 0.305 e. The van der Waals surface area contributed by atoms with Crippen LogP contribution in [0.15, 0.2) is 0 Å². The van der Waals surface area contributed by atoms with E-state index in [1.807, 2.05) is 0 Å². The molecule has 0 aliphatic carbocycles. The van der Waals surface area contributed by atoms with E-state index in [1.54, 1.807) is 0 Å². The molecule has 0 radical (unpaired) electrons. The lowest BCUT2D eigenvalue weighted by Gasteiger charge is -1.98. The fourth-order valence-electron chi connectivity index (χ4n) is 1.95. The number of hydrogen-bond acceptors (Lipinski definition) is 4. The third-order valence-corrected chi connectivity index (χ3v) is 3.42. The van der Waals surface area contributed by atoms with Gasteiger partial charge in [0.15, 0.2) is 0 Å². The molecule has 0 amide bonds. The molecule has 4 heteroatoms. The number of esters is 2. The number of rotatable bonds is 12. The van der Waals surface area contributed by atoms with Crippen LogP contribution in [0.25, 0.3) is 0 Å². The average molecular weight is 316 g/mol. The van der Waals surface area contributed by atoms with Crippen LogP contribution in [-0.4, -0.2) is 26.2 Å². The Morgan fingerprint density at radius 2 is 0.909 bits per heavy atom. The molecule has 0 spiro atoms. The lowest BCUT2D eigenvalue weighted by atomic mass is 10.1. The molecule has 0 unspecified atom stereocenters. The highest BCUT2D eigenvalue weighted by atomic mass is 16.5. The van der Waals surface area contributed by atoms with Crippen molar-refractivity contribution >= 4 is 11.9 Å². The fourth-order valence-corrected chi connectivity index (χ4v) is 1.95. The predicted molar refractivity (Wildman–Crippen MR) is 90.8 cm³/mol. The van der Waals surface area contributed by atoms with Gasteiger partial charge in [0.2, 0.25) is 0 Å². The van der Waals surface area contributed by atoms with Crippen LogP contribution in [0.3, 0.4) is 0 Å². The monoisotopic (exact) mass is 316 g/mol. The van der Waals surface area contributed by atoms with Gasteiger partial charge < -0.3 is 9.47 Å². The van der Waals surface area contributed by atoms with Gasteiger partial charge in [-0.25, -0.2) is 0 Å². The molecule has 0 bridgehead atoms. The minimum Gasteiger partial charge on any atom is -0.469 e. The van der Waals surface area contributed by atoms with Crippen LogP contribution in [0.4, 0.5) is 0 Å². The average Bonchev–Trinajstić information content (AvgIpc) is 2.54. The van der Waals surface area contributed by atoms with Gasteiger partial charge in [0, 0.05) is 12.8 Å². The van der Waals surface area contributed by atoms with E-state index in [0.29, 0.717) is 12.8 Å². The van der Waals surface area contributed by atoms with Crippen molar-refractivity contribution in [3.05, 3.63) is 0 Å². The number of unbranched alkanes of at least 4 members (excludes halogenated alkanes) is 8. The van der Waals surface area contributed by atoms with Gasteiger partial charge in [-0.3, -0.25) is 9.59 Å². The number of methoxy groups -OCH3 is 2. The molecule has 0 aromatic carbocycles. The van der Waals surface area contributed by atoms with Gasteiger partial charge in [-0.15, -0.1) is 0 Å². The molecule has 0 saturated carbocycles. The van der Waals surface area contributed by atoms with Crippen molar-refractivity contribution in [3.8, 4) is 0 Å². The van der Waals surface area contributed by atoms with E-state index in [0.717, 1.165) is 25.7 Å². The predicted octanol–water partition coefficient (Wildman–Crippen LogP) is 5.04. The summed E-state index contributed by atoms with van der Waals surface area (Å²) < 4.78 is 9.04. The summed E-state index contributed by atoms with van der Waals surface area (Å²) in [6.45, 7) is 4.36. The molecule has 0 aromatic rings. The highest BCUT2D eigenvalue weighted by molar-refractivity contribution is 5.69. The van der Waals surface area contributed by atoms with E-state index < -0.39 is 0 Å². The molecular weight excluding hydrogens is 280 g/mol. The van der Waals surface area contributed by atoms with E-state index in [2.05, 4.69) is 23.3 Å². The van der Waals surface area contributed by atoms with Gasteiger partial charge in [-0.1, -0.05) is 65.2 Å². The van der Waals surface area contributed by atoms with E-state index >= 15 is 0 Å². The summed E-state index contributed by atoms with van der Waals surface area (Å²) >= 11 is 0. The summed E-state index contributed by atoms with van der Waals surface area (Å²) in [5.41, 5.74) is 0. The van der Waals surface area contributed by atoms with Gasteiger partial charge >= 0.3 is 11.9 Å². The Hall–Kier alpha value is -1.06. The third-order valence-electron chi connectivity index (χ3n) is 3.42. The summed E-state index contributed by atoms with van der Waals surface area (Å²) in [4.78, 5) is 21.2. The Morgan fingerprint density at radius 1 is 0.591 bits per heavy atom. The van der Waals surface area contributed by atoms with Crippen LogP contribution in [0.5, 0.6) is 0 Å². The second-order valence-corrected chi connectivity index (χ2v) is 5.48. The highest BCUT2D eigenvalue weighted by Crippen LogP contribution is 2.05. The first-order valence-electron chi connectivity index (χ1n) is 8.75. The summed E-state index contributed by atoms with van der Waals surface area (Å²) in [7, 11) is 2.88. The number of hydrogen-bond donors (Lipinski definition) is 0. The van der Waals surface area contributed by atoms with Crippen molar-refractivity contribution in [1.82, 2.24) is 0 Å². The second kappa shape index (κ2) is 19.9. The summed E-state index contributed by atoms with van der Waals surface area (Å²) in [5.74, 6) is -0.164. The maximum atomic E-state index is 10.6. The van der Waals surface area contributed by atoms with Crippen molar-refractivity contribution in [3.63, 3.8) is 0 Å².